The molecule has 0 aliphatic heterocycles. The predicted molar refractivity (Wildman–Crippen MR) is 90.0 cm³/mol. The molecule has 3 heterocycles. The van der Waals surface area contributed by atoms with Gasteiger partial charge in [-0.15, -0.1) is 0 Å². The van der Waals surface area contributed by atoms with Gasteiger partial charge in [-0.3, -0.25) is 4.98 Å². The summed E-state index contributed by atoms with van der Waals surface area (Å²) in [4.78, 5) is 19.9. The third-order valence-corrected chi connectivity index (χ3v) is 3.78. The van der Waals surface area contributed by atoms with Crippen molar-refractivity contribution in [2.75, 3.05) is 5.32 Å². The maximum absolute atomic E-state index is 11.3. The lowest BCUT2D eigenvalue weighted by Gasteiger charge is -2.09. The van der Waals surface area contributed by atoms with Crippen molar-refractivity contribution in [2.24, 2.45) is 0 Å². The van der Waals surface area contributed by atoms with E-state index < -0.39 is 5.97 Å². The molecule has 0 aliphatic rings. The Balaban J connectivity index is 1.94. The highest BCUT2D eigenvalue weighted by atomic mass is 35.5. The Kier molecular flexibility index (Phi) is 3.28. The summed E-state index contributed by atoms with van der Waals surface area (Å²) in [5.74, 6) is -0.702. The molecule has 0 bridgehead atoms. The molecule has 8 heteroatoms. The molecule has 0 atom stereocenters. The van der Waals surface area contributed by atoms with Crippen LogP contribution in [0.5, 0.6) is 0 Å². The van der Waals surface area contributed by atoms with Gasteiger partial charge in [0.15, 0.2) is 5.69 Å². The average Bonchev–Trinajstić information content (AvgIpc) is 3.03. The number of carboxylic acids is 1. The fourth-order valence-electron chi connectivity index (χ4n) is 2.43. The van der Waals surface area contributed by atoms with E-state index in [1.165, 1.54) is 10.6 Å². The van der Waals surface area contributed by atoms with Crippen LogP contribution < -0.4 is 5.32 Å². The quantitative estimate of drug-likeness (QED) is 0.594. The lowest BCUT2D eigenvalue weighted by atomic mass is 10.2. The van der Waals surface area contributed by atoms with Crippen molar-refractivity contribution in [3.8, 4) is 0 Å². The fourth-order valence-corrected chi connectivity index (χ4v) is 2.55. The van der Waals surface area contributed by atoms with Crippen LogP contribution >= 0.6 is 11.6 Å². The van der Waals surface area contributed by atoms with Crippen LogP contribution in [0.15, 0.2) is 48.8 Å². The summed E-state index contributed by atoms with van der Waals surface area (Å²) in [6.07, 6.45) is 3.27. The first kappa shape index (κ1) is 14.4. The standard InChI is InChI=1S/C16H10ClN5O2/c17-9-1-3-10(4-2-9)19-16-20-12-5-6-18-8-11(12)14-7-13(15(23)24)21-22(14)16/h1-8H,(H,19,20)(H,23,24). The van der Waals surface area contributed by atoms with E-state index in [4.69, 9.17) is 11.6 Å². The van der Waals surface area contributed by atoms with E-state index >= 15 is 0 Å². The van der Waals surface area contributed by atoms with E-state index in [1.54, 1.807) is 42.7 Å². The molecule has 7 nitrogen and oxygen atoms in total. The molecule has 0 saturated heterocycles. The number of benzene rings is 1. The third-order valence-electron chi connectivity index (χ3n) is 3.53. The number of nitrogens with zero attached hydrogens (tertiary/aromatic N) is 4. The minimum Gasteiger partial charge on any atom is -0.476 e. The molecule has 0 spiro atoms. The third kappa shape index (κ3) is 2.40. The molecule has 0 amide bonds. The number of pyridine rings is 1. The molecule has 4 rings (SSSR count). The van der Waals surface area contributed by atoms with Crippen molar-refractivity contribution in [3.05, 3.63) is 59.5 Å². The number of halogens is 1. The van der Waals surface area contributed by atoms with Crippen LogP contribution in [0.4, 0.5) is 11.6 Å². The van der Waals surface area contributed by atoms with Gasteiger partial charge in [-0.2, -0.15) is 9.61 Å². The number of hydrogen-bond donors (Lipinski definition) is 2. The molecule has 2 N–H and O–H groups in total. The number of carboxylic acid groups (broad SMARTS) is 1. The van der Waals surface area contributed by atoms with Crippen LogP contribution in [0, 0.1) is 0 Å². The fraction of sp³-hybridized carbons (Fsp3) is 0. The number of aromatic carboxylic acids is 1. The Morgan fingerprint density at radius 2 is 2.00 bits per heavy atom. The molecule has 24 heavy (non-hydrogen) atoms. The number of aromatic nitrogens is 4. The van der Waals surface area contributed by atoms with Crippen molar-refractivity contribution >= 4 is 45.6 Å². The Labute approximate surface area is 140 Å². The van der Waals surface area contributed by atoms with Crippen LogP contribution in [-0.4, -0.2) is 30.7 Å². The van der Waals surface area contributed by atoms with E-state index in [-0.39, 0.29) is 5.69 Å². The second-order valence-corrected chi connectivity index (χ2v) is 5.53. The van der Waals surface area contributed by atoms with Gasteiger partial charge in [-0.1, -0.05) is 11.6 Å². The Hall–Kier alpha value is -3.19. The minimum atomic E-state index is -1.10. The number of nitrogens with one attached hydrogen (secondary N) is 1. The van der Waals surface area contributed by atoms with Crippen LogP contribution in [0.3, 0.4) is 0 Å². The first-order valence-electron chi connectivity index (χ1n) is 7.01. The van der Waals surface area contributed by atoms with Gasteiger partial charge in [0.1, 0.15) is 0 Å². The van der Waals surface area contributed by atoms with Gasteiger partial charge in [0.25, 0.3) is 0 Å². The molecule has 0 aliphatic carbocycles. The van der Waals surface area contributed by atoms with E-state index in [9.17, 15) is 9.90 Å². The van der Waals surface area contributed by atoms with Crippen molar-refractivity contribution < 1.29 is 9.90 Å². The van der Waals surface area contributed by atoms with Crippen molar-refractivity contribution in [1.29, 1.82) is 0 Å². The minimum absolute atomic E-state index is 0.0627. The summed E-state index contributed by atoms with van der Waals surface area (Å²) in [6.45, 7) is 0. The maximum Gasteiger partial charge on any atom is 0.356 e. The molecular formula is C16H10ClN5O2. The summed E-state index contributed by atoms with van der Waals surface area (Å²) in [6, 6.07) is 10.4. The van der Waals surface area contributed by atoms with Crippen molar-refractivity contribution in [2.45, 2.75) is 0 Å². The van der Waals surface area contributed by atoms with E-state index in [2.05, 4.69) is 20.4 Å². The van der Waals surface area contributed by atoms with Gasteiger partial charge in [-0.25, -0.2) is 9.78 Å². The average molecular weight is 340 g/mol. The zero-order chi connectivity index (χ0) is 16.7. The predicted octanol–water partition coefficient (Wildman–Crippen LogP) is 3.37. The topological polar surface area (TPSA) is 92.4 Å². The maximum atomic E-state index is 11.3. The van der Waals surface area contributed by atoms with Crippen LogP contribution in [0.1, 0.15) is 10.5 Å². The number of hydrogen-bond acceptors (Lipinski definition) is 5. The van der Waals surface area contributed by atoms with Crippen LogP contribution in [-0.2, 0) is 0 Å². The molecule has 0 unspecified atom stereocenters. The largest absolute Gasteiger partial charge is 0.476 e. The van der Waals surface area contributed by atoms with Crippen molar-refractivity contribution in [1.82, 2.24) is 19.6 Å². The van der Waals surface area contributed by atoms with Crippen molar-refractivity contribution in [3.63, 3.8) is 0 Å². The molecule has 0 saturated carbocycles. The molecule has 4 aromatic rings. The van der Waals surface area contributed by atoms with Gasteiger partial charge >= 0.3 is 5.97 Å². The highest BCUT2D eigenvalue weighted by Crippen LogP contribution is 2.24. The van der Waals surface area contributed by atoms with Gasteiger partial charge in [0.05, 0.1) is 11.0 Å². The highest BCUT2D eigenvalue weighted by Gasteiger charge is 2.15. The smallest absolute Gasteiger partial charge is 0.356 e. The second kappa shape index (κ2) is 5.47. The van der Waals surface area contributed by atoms with Gasteiger partial charge in [-0.05, 0) is 36.4 Å². The first-order valence-corrected chi connectivity index (χ1v) is 7.39. The van der Waals surface area contributed by atoms with E-state index in [0.717, 1.165) is 11.1 Å². The first-order chi connectivity index (χ1) is 11.6. The molecule has 0 fully saturated rings. The Bertz CT molecular complexity index is 1080. The number of fused-ring (bicyclic) bond motifs is 3. The summed E-state index contributed by atoms with van der Waals surface area (Å²) in [7, 11) is 0. The summed E-state index contributed by atoms with van der Waals surface area (Å²) < 4.78 is 1.46. The molecule has 3 aromatic heterocycles. The number of anilines is 2. The molecule has 1 aromatic carbocycles. The number of carbonyl (C=O) groups is 1. The van der Waals surface area contributed by atoms with Crippen LogP contribution in [0.2, 0.25) is 5.02 Å². The molecule has 118 valence electrons. The Morgan fingerprint density at radius 1 is 1.21 bits per heavy atom. The summed E-state index contributed by atoms with van der Waals surface area (Å²) >= 11 is 5.89. The lowest BCUT2D eigenvalue weighted by molar-refractivity contribution is 0.0690. The van der Waals surface area contributed by atoms with Crippen LogP contribution in [0.25, 0.3) is 16.4 Å². The van der Waals surface area contributed by atoms with E-state index in [0.29, 0.717) is 22.0 Å². The molecule has 0 radical (unpaired) electrons. The lowest BCUT2D eigenvalue weighted by Crippen LogP contribution is -2.05. The zero-order valence-corrected chi connectivity index (χ0v) is 12.9. The van der Waals surface area contributed by atoms with Gasteiger partial charge < -0.3 is 10.4 Å². The zero-order valence-electron chi connectivity index (χ0n) is 12.1. The monoisotopic (exact) mass is 339 g/mol. The SMILES string of the molecule is O=C(O)c1cc2c3cnccc3nc(Nc3ccc(Cl)cc3)n2n1. The number of rotatable bonds is 3. The Morgan fingerprint density at radius 3 is 2.75 bits per heavy atom. The van der Waals surface area contributed by atoms with E-state index in [1.807, 2.05) is 0 Å². The van der Waals surface area contributed by atoms with Gasteiger partial charge in [0.2, 0.25) is 5.95 Å². The summed E-state index contributed by atoms with van der Waals surface area (Å²) in [5.41, 5.74) is 1.99. The normalized spacial score (nSPS) is 11.0. The summed E-state index contributed by atoms with van der Waals surface area (Å²) in [5, 5.41) is 17.8. The highest BCUT2D eigenvalue weighted by molar-refractivity contribution is 6.30. The van der Waals surface area contributed by atoms with Gasteiger partial charge in [0, 0.05) is 28.5 Å². The molecular weight excluding hydrogens is 330 g/mol. The second-order valence-electron chi connectivity index (χ2n) is 5.09.